The number of halogens is 1. The van der Waals surface area contributed by atoms with E-state index < -0.39 is 0 Å². The molecule has 1 aromatic rings. The third-order valence-corrected chi connectivity index (χ3v) is 3.43. The van der Waals surface area contributed by atoms with Gasteiger partial charge in [-0.15, -0.1) is 0 Å². The van der Waals surface area contributed by atoms with Gasteiger partial charge in [0.2, 0.25) is 0 Å². The fourth-order valence-electron chi connectivity index (χ4n) is 1.63. The zero-order valence-electron chi connectivity index (χ0n) is 7.05. The van der Waals surface area contributed by atoms with E-state index in [0.717, 1.165) is 6.42 Å². The molecule has 0 N–H and O–H groups in total. The summed E-state index contributed by atoms with van der Waals surface area (Å²) in [4.78, 5) is 0.457. The average Bonchev–Trinajstić information content (AvgIpc) is 2.44. The Morgan fingerprint density at radius 3 is 2.75 bits per heavy atom. The molecule has 0 nitrogen and oxygen atoms in total. The number of alkyl halides is 1. The first-order chi connectivity index (χ1) is 5.83. The third kappa shape index (κ3) is 1.13. The minimum Gasteiger partial charge on any atom is -0.0790 e. The summed E-state index contributed by atoms with van der Waals surface area (Å²) in [6, 6.07) is 8.55. The van der Waals surface area contributed by atoms with Gasteiger partial charge in [0.25, 0.3) is 0 Å². The van der Waals surface area contributed by atoms with Crippen LogP contribution in [0, 0.1) is 0 Å². The lowest BCUT2D eigenvalue weighted by atomic mass is 10.1. The maximum Gasteiger partial charge on any atom is 0.0613 e. The molecule has 0 saturated heterocycles. The summed E-state index contributed by atoms with van der Waals surface area (Å²) in [6.07, 6.45) is 3.42. The van der Waals surface area contributed by atoms with Crippen molar-refractivity contribution in [1.82, 2.24) is 0 Å². The Balaban J connectivity index is 2.47. The molecule has 62 valence electrons. The Kier molecular flexibility index (Phi) is 2.05. The number of rotatable bonds is 1. The van der Waals surface area contributed by atoms with E-state index in [2.05, 4.69) is 53.2 Å². The zero-order chi connectivity index (χ0) is 8.55. The van der Waals surface area contributed by atoms with Gasteiger partial charge in [-0.3, -0.25) is 0 Å². The van der Waals surface area contributed by atoms with E-state index in [-0.39, 0.29) is 0 Å². The van der Waals surface area contributed by atoms with Crippen LogP contribution in [-0.2, 0) is 0 Å². The molecule has 1 atom stereocenters. The number of fused-ring (bicyclic) bond motifs is 1. The third-order valence-electron chi connectivity index (χ3n) is 2.34. The van der Waals surface area contributed by atoms with Gasteiger partial charge in [0.15, 0.2) is 0 Å². The molecule has 0 heterocycles. The van der Waals surface area contributed by atoms with Crippen molar-refractivity contribution in [2.24, 2.45) is 0 Å². The highest BCUT2D eigenvalue weighted by atomic mass is 79.9. The summed E-state index contributed by atoms with van der Waals surface area (Å²) in [5, 5.41) is 0. The molecule has 0 spiro atoms. The van der Waals surface area contributed by atoms with Crippen LogP contribution >= 0.6 is 15.9 Å². The first-order valence-electron chi connectivity index (χ1n) is 4.26. The molecule has 0 radical (unpaired) electrons. The van der Waals surface area contributed by atoms with E-state index in [4.69, 9.17) is 0 Å². The largest absolute Gasteiger partial charge is 0.0790 e. The fourth-order valence-corrected chi connectivity index (χ4v) is 2.50. The summed E-state index contributed by atoms with van der Waals surface area (Å²) >= 11 is 3.70. The van der Waals surface area contributed by atoms with Crippen LogP contribution in [0.2, 0.25) is 0 Å². The number of hydrogen-bond acceptors (Lipinski definition) is 0. The SMILES string of the molecule is CCC1=Cc2ccccc2C1Br. The molecule has 0 bridgehead atoms. The summed E-state index contributed by atoms with van der Waals surface area (Å²) < 4.78 is 0. The molecule has 0 fully saturated rings. The Morgan fingerprint density at radius 2 is 2.08 bits per heavy atom. The number of hydrogen-bond donors (Lipinski definition) is 0. The molecule has 0 aliphatic heterocycles. The number of benzene rings is 1. The molecule has 1 aliphatic carbocycles. The van der Waals surface area contributed by atoms with E-state index in [0.29, 0.717) is 4.83 Å². The Hall–Kier alpha value is -0.560. The van der Waals surface area contributed by atoms with Crippen LogP contribution in [0.3, 0.4) is 0 Å². The topological polar surface area (TPSA) is 0 Å². The van der Waals surface area contributed by atoms with Crippen LogP contribution in [0.4, 0.5) is 0 Å². The maximum atomic E-state index is 3.70. The van der Waals surface area contributed by atoms with E-state index in [9.17, 15) is 0 Å². The van der Waals surface area contributed by atoms with Gasteiger partial charge in [0, 0.05) is 0 Å². The predicted molar refractivity (Wildman–Crippen MR) is 56.4 cm³/mol. The molecular formula is C11H11Br. The van der Waals surface area contributed by atoms with Gasteiger partial charge in [0.1, 0.15) is 0 Å². The Morgan fingerprint density at radius 1 is 1.33 bits per heavy atom. The van der Waals surface area contributed by atoms with Gasteiger partial charge in [0.05, 0.1) is 4.83 Å². The van der Waals surface area contributed by atoms with Crippen molar-refractivity contribution < 1.29 is 0 Å². The summed E-state index contributed by atoms with van der Waals surface area (Å²) in [7, 11) is 0. The Bertz CT molecular complexity index is 326. The van der Waals surface area contributed by atoms with E-state index >= 15 is 0 Å². The van der Waals surface area contributed by atoms with Crippen molar-refractivity contribution in [3.8, 4) is 0 Å². The van der Waals surface area contributed by atoms with Gasteiger partial charge in [-0.25, -0.2) is 0 Å². The summed E-state index contributed by atoms with van der Waals surface area (Å²) in [5.74, 6) is 0. The molecule has 0 aromatic heterocycles. The highest BCUT2D eigenvalue weighted by Gasteiger charge is 2.20. The standard InChI is InChI=1S/C11H11Br/c1-2-8-7-9-5-3-4-6-10(9)11(8)12/h3-7,11H,2H2,1H3. The molecule has 2 rings (SSSR count). The van der Waals surface area contributed by atoms with Crippen molar-refractivity contribution >= 4 is 22.0 Å². The molecule has 0 saturated carbocycles. The van der Waals surface area contributed by atoms with Crippen molar-refractivity contribution in [2.45, 2.75) is 18.2 Å². The quantitative estimate of drug-likeness (QED) is 0.632. The normalized spacial score (nSPS) is 20.5. The zero-order valence-corrected chi connectivity index (χ0v) is 8.64. The number of allylic oxidation sites excluding steroid dienone is 1. The van der Waals surface area contributed by atoms with E-state index in [1.165, 1.54) is 16.7 Å². The molecule has 1 aromatic carbocycles. The molecular weight excluding hydrogens is 212 g/mol. The lowest BCUT2D eigenvalue weighted by Gasteiger charge is -2.06. The lowest BCUT2D eigenvalue weighted by molar-refractivity contribution is 1.03. The van der Waals surface area contributed by atoms with Crippen molar-refractivity contribution in [2.75, 3.05) is 0 Å². The van der Waals surface area contributed by atoms with Crippen LogP contribution < -0.4 is 0 Å². The van der Waals surface area contributed by atoms with Crippen molar-refractivity contribution in [3.05, 3.63) is 41.0 Å². The van der Waals surface area contributed by atoms with Gasteiger partial charge in [-0.2, -0.15) is 0 Å². The van der Waals surface area contributed by atoms with E-state index in [1.807, 2.05) is 0 Å². The highest BCUT2D eigenvalue weighted by Crippen LogP contribution is 2.41. The highest BCUT2D eigenvalue weighted by molar-refractivity contribution is 9.09. The fraction of sp³-hybridized carbons (Fsp3) is 0.273. The van der Waals surface area contributed by atoms with Crippen LogP contribution in [0.1, 0.15) is 29.3 Å². The van der Waals surface area contributed by atoms with Crippen LogP contribution in [0.15, 0.2) is 29.8 Å². The molecule has 12 heavy (non-hydrogen) atoms. The smallest absolute Gasteiger partial charge is 0.0613 e. The summed E-state index contributed by atoms with van der Waals surface area (Å²) in [6.45, 7) is 2.20. The lowest BCUT2D eigenvalue weighted by Crippen LogP contribution is -1.87. The van der Waals surface area contributed by atoms with Crippen LogP contribution in [-0.4, -0.2) is 0 Å². The van der Waals surface area contributed by atoms with Gasteiger partial charge in [-0.05, 0) is 17.5 Å². The van der Waals surface area contributed by atoms with Gasteiger partial charge in [-0.1, -0.05) is 58.8 Å². The first-order valence-corrected chi connectivity index (χ1v) is 5.18. The van der Waals surface area contributed by atoms with Crippen molar-refractivity contribution in [1.29, 1.82) is 0 Å². The molecule has 0 amide bonds. The maximum absolute atomic E-state index is 3.70. The monoisotopic (exact) mass is 222 g/mol. The first kappa shape index (κ1) is 8.06. The Labute approximate surface area is 81.4 Å². The average molecular weight is 223 g/mol. The minimum atomic E-state index is 0.457. The van der Waals surface area contributed by atoms with Gasteiger partial charge >= 0.3 is 0 Å². The van der Waals surface area contributed by atoms with Gasteiger partial charge < -0.3 is 0 Å². The molecule has 1 heteroatoms. The second kappa shape index (κ2) is 3.06. The molecule has 1 unspecified atom stereocenters. The molecule has 1 aliphatic rings. The van der Waals surface area contributed by atoms with E-state index in [1.54, 1.807) is 0 Å². The minimum absolute atomic E-state index is 0.457. The van der Waals surface area contributed by atoms with Crippen LogP contribution in [0.25, 0.3) is 6.08 Å². The van der Waals surface area contributed by atoms with Crippen LogP contribution in [0.5, 0.6) is 0 Å². The predicted octanol–water partition coefficient (Wildman–Crippen LogP) is 3.93. The van der Waals surface area contributed by atoms with Crippen molar-refractivity contribution in [3.63, 3.8) is 0 Å². The second-order valence-corrected chi connectivity index (χ2v) is 3.98. The summed E-state index contributed by atoms with van der Waals surface area (Å²) in [5.41, 5.74) is 4.27. The second-order valence-electron chi connectivity index (χ2n) is 3.06.